The number of ether oxygens (including phenoxy) is 1. The maximum absolute atomic E-state index is 13.2. The summed E-state index contributed by atoms with van der Waals surface area (Å²) in [5, 5.41) is 12.7. The molecule has 0 aromatic heterocycles. The topological polar surface area (TPSA) is 102 Å². The quantitative estimate of drug-likeness (QED) is 0.125. The van der Waals surface area contributed by atoms with Crippen molar-refractivity contribution in [2.75, 3.05) is 45.9 Å². The van der Waals surface area contributed by atoms with Crippen LogP contribution in [-0.4, -0.2) is 108 Å². The summed E-state index contributed by atoms with van der Waals surface area (Å²) in [5.41, 5.74) is 3.70. The molecule has 0 aromatic rings. The van der Waals surface area contributed by atoms with Crippen LogP contribution in [0.1, 0.15) is 148 Å². The fourth-order valence-corrected chi connectivity index (χ4v) is 12.1. The number of likely N-dealkylation sites (tertiary alicyclic amines) is 1. The Balaban J connectivity index is 0.773. The van der Waals surface area contributed by atoms with E-state index in [0.29, 0.717) is 43.4 Å². The third kappa shape index (κ3) is 9.78. The smallest absolute Gasteiger partial charge is 0.249 e. The molecule has 2 N–H and O–H groups in total. The van der Waals surface area contributed by atoms with Crippen LogP contribution in [0.5, 0.6) is 0 Å². The molecule has 9 nitrogen and oxygen atoms in total. The fraction of sp³-hybridized carbons (Fsp3) is 0.886. The molecule has 3 aliphatic heterocycles. The van der Waals surface area contributed by atoms with Crippen LogP contribution in [0.25, 0.3) is 0 Å². The fourth-order valence-electron chi connectivity index (χ4n) is 12.1. The molecule has 3 amide bonds. The first-order chi connectivity index (χ1) is 25.9. The summed E-state index contributed by atoms with van der Waals surface area (Å²) in [7, 11) is 0. The molecule has 4 atom stereocenters. The molecule has 298 valence electrons. The van der Waals surface area contributed by atoms with Crippen molar-refractivity contribution >= 4 is 17.7 Å². The van der Waals surface area contributed by atoms with E-state index in [0.717, 1.165) is 83.1 Å². The largest absolute Gasteiger partial charge is 0.393 e. The van der Waals surface area contributed by atoms with E-state index in [2.05, 4.69) is 22.0 Å². The molecule has 53 heavy (non-hydrogen) atoms. The predicted molar refractivity (Wildman–Crippen MR) is 208 cm³/mol. The van der Waals surface area contributed by atoms with Crippen molar-refractivity contribution in [3.8, 4) is 0 Å². The van der Waals surface area contributed by atoms with Crippen LogP contribution < -0.4 is 5.32 Å². The van der Waals surface area contributed by atoms with Crippen LogP contribution in [0, 0.1) is 29.6 Å². The Bertz CT molecular complexity index is 1260. The number of fused-ring (bicyclic) bond motifs is 1. The summed E-state index contributed by atoms with van der Waals surface area (Å²) in [5.74, 6) is 2.27. The van der Waals surface area contributed by atoms with Gasteiger partial charge >= 0.3 is 0 Å². The number of piperazine rings is 1. The highest BCUT2D eigenvalue weighted by Gasteiger charge is 2.49. The highest BCUT2D eigenvalue weighted by Crippen LogP contribution is 2.46. The predicted octanol–water partition coefficient (Wildman–Crippen LogP) is 6.62. The van der Waals surface area contributed by atoms with Gasteiger partial charge in [-0.15, -0.1) is 0 Å². The summed E-state index contributed by atoms with van der Waals surface area (Å²) in [4.78, 5) is 44.4. The molecule has 0 aromatic carbocycles. The van der Waals surface area contributed by atoms with Gasteiger partial charge in [-0.25, -0.2) is 0 Å². The molecule has 4 saturated carbocycles. The second kappa shape index (κ2) is 18.9. The molecule has 3 saturated heterocycles. The summed E-state index contributed by atoms with van der Waals surface area (Å²) in [6.07, 6.45) is 25.5. The van der Waals surface area contributed by atoms with E-state index in [9.17, 15) is 19.5 Å². The lowest BCUT2D eigenvalue weighted by Gasteiger charge is -2.42. The lowest BCUT2D eigenvalue weighted by atomic mass is 9.68. The normalized spacial score (nSPS) is 36.0. The van der Waals surface area contributed by atoms with Crippen LogP contribution in [0.15, 0.2) is 11.1 Å². The molecule has 3 heterocycles. The van der Waals surface area contributed by atoms with Crippen molar-refractivity contribution in [3.05, 3.63) is 11.1 Å². The third-order valence-electron chi connectivity index (χ3n) is 15.1. The van der Waals surface area contributed by atoms with Gasteiger partial charge in [0.25, 0.3) is 0 Å². The Hall–Kier alpha value is -1.81. The molecule has 7 rings (SSSR count). The van der Waals surface area contributed by atoms with Gasteiger partial charge in [-0.3, -0.25) is 24.6 Å². The van der Waals surface area contributed by atoms with Crippen molar-refractivity contribution in [1.82, 2.24) is 20.0 Å². The standard InChI is InChI=1S/C44H72N4O5/c1-2-38(31-9-5-3-6-10-31)42(32-11-16-36(49)17-12-32)33-13-18-37(19-14-33)53-28-8-4-7-23-46-24-26-47(27-25-46)35-15-20-39-34(29-35)30-48(44(39)52)40-21-22-41(50)45-43(40)51/h31-37,39-40,49H,2-30H2,1H3,(H,45,50,51)/b42-38-/t32?,33?,34?,35?,36?,37?,39?,40-/m0/s1. The maximum Gasteiger partial charge on any atom is 0.249 e. The lowest BCUT2D eigenvalue weighted by Crippen LogP contribution is -2.53. The monoisotopic (exact) mass is 737 g/mol. The highest BCUT2D eigenvalue weighted by atomic mass is 16.5. The Morgan fingerprint density at radius 3 is 2.19 bits per heavy atom. The summed E-state index contributed by atoms with van der Waals surface area (Å²) in [6.45, 7) is 9.65. The Kier molecular flexibility index (Phi) is 14.0. The van der Waals surface area contributed by atoms with Crippen molar-refractivity contribution in [2.24, 2.45) is 29.6 Å². The second-order valence-electron chi connectivity index (χ2n) is 18.2. The number of unbranched alkanes of at least 4 members (excludes halogenated alkanes) is 2. The average molecular weight is 737 g/mol. The van der Waals surface area contributed by atoms with Gasteiger partial charge in [0.2, 0.25) is 17.7 Å². The van der Waals surface area contributed by atoms with E-state index in [-0.39, 0.29) is 29.7 Å². The average Bonchev–Trinajstić information content (AvgIpc) is 3.51. The number of nitrogens with one attached hydrogen (secondary N) is 1. The summed E-state index contributed by atoms with van der Waals surface area (Å²) < 4.78 is 6.51. The zero-order valence-electron chi connectivity index (χ0n) is 33.1. The van der Waals surface area contributed by atoms with Gasteiger partial charge < -0.3 is 19.6 Å². The molecule has 0 radical (unpaired) electrons. The van der Waals surface area contributed by atoms with E-state index in [1.165, 1.54) is 96.4 Å². The van der Waals surface area contributed by atoms with Crippen molar-refractivity contribution < 1.29 is 24.2 Å². The van der Waals surface area contributed by atoms with E-state index < -0.39 is 6.04 Å². The SMILES string of the molecule is CC/C(=C(\C1CCC(O)CC1)C1CCC(OCCCCCN2CCN(C3CCC4C(=O)N([C@H]5CCC(=O)NC5=O)CC4C3)CC2)CC1)C1CCCCC1. The number of aliphatic hydroxyl groups is 1. The Morgan fingerprint density at radius 2 is 1.49 bits per heavy atom. The van der Waals surface area contributed by atoms with Crippen LogP contribution in [0.2, 0.25) is 0 Å². The number of carbonyl (C=O) groups is 3. The first kappa shape index (κ1) is 39.4. The van der Waals surface area contributed by atoms with Crippen molar-refractivity contribution in [3.63, 3.8) is 0 Å². The number of imide groups is 1. The zero-order valence-corrected chi connectivity index (χ0v) is 33.1. The number of aliphatic hydroxyl groups excluding tert-OH is 1. The molecule has 7 fully saturated rings. The minimum Gasteiger partial charge on any atom is -0.393 e. The molecule has 9 heteroatoms. The van der Waals surface area contributed by atoms with Gasteiger partial charge in [0.1, 0.15) is 6.04 Å². The lowest BCUT2D eigenvalue weighted by molar-refractivity contribution is -0.144. The highest BCUT2D eigenvalue weighted by molar-refractivity contribution is 6.02. The van der Waals surface area contributed by atoms with Crippen LogP contribution in [-0.2, 0) is 19.1 Å². The van der Waals surface area contributed by atoms with E-state index in [1.807, 2.05) is 11.1 Å². The van der Waals surface area contributed by atoms with Crippen LogP contribution >= 0.6 is 0 Å². The number of hydrogen-bond acceptors (Lipinski definition) is 7. The molecule has 0 bridgehead atoms. The number of amides is 3. The number of rotatable bonds is 13. The van der Waals surface area contributed by atoms with Crippen molar-refractivity contribution in [1.29, 1.82) is 0 Å². The molecule has 7 aliphatic rings. The van der Waals surface area contributed by atoms with Gasteiger partial charge in [-0.05, 0) is 146 Å². The van der Waals surface area contributed by atoms with Gasteiger partial charge in [0.15, 0.2) is 0 Å². The third-order valence-corrected chi connectivity index (χ3v) is 15.1. The van der Waals surface area contributed by atoms with Crippen molar-refractivity contribution in [2.45, 2.75) is 172 Å². The zero-order chi connectivity index (χ0) is 36.7. The summed E-state index contributed by atoms with van der Waals surface area (Å²) >= 11 is 0. The van der Waals surface area contributed by atoms with Gasteiger partial charge in [-0.1, -0.05) is 37.3 Å². The minimum atomic E-state index is -0.469. The molecular formula is C44H72N4O5. The van der Waals surface area contributed by atoms with Gasteiger partial charge in [0, 0.05) is 57.7 Å². The van der Waals surface area contributed by atoms with E-state index in [4.69, 9.17) is 4.74 Å². The summed E-state index contributed by atoms with van der Waals surface area (Å²) in [6, 6.07) is 0.0679. The van der Waals surface area contributed by atoms with E-state index >= 15 is 0 Å². The van der Waals surface area contributed by atoms with Crippen LogP contribution in [0.4, 0.5) is 0 Å². The van der Waals surface area contributed by atoms with Gasteiger partial charge in [0.05, 0.1) is 12.2 Å². The molecule has 3 unspecified atom stereocenters. The van der Waals surface area contributed by atoms with Gasteiger partial charge in [-0.2, -0.15) is 0 Å². The number of piperidine rings is 1. The van der Waals surface area contributed by atoms with Crippen LogP contribution in [0.3, 0.4) is 0 Å². The Morgan fingerprint density at radius 1 is 0.774 bits per heavy atom. The number of allylic oxidation sites excluding steroid dienone is 2. The van der Waals surface area contributed by atoms with E-state index in [1.54, 1.807) is 4.90 Å². The molecular weight excluding hydrogens is 665 g/mol. The molecule has 4 aliphatic carbocycles. The number of hydrogen-bond donors (Lipinski definition) is 2. The number of carbonyl (C=O) groups excluding carboxylic acids is 3. The maximum atomic E-state index is 13.2. The first-order valence-corrected chi connectivity index (χ1v) is 22.5. The molecule has 0 spiro atoms. The number of nitrogens with zero attached hydrogens (tertiary/aromatic N) is 3. The minimum absolute atomic E-state index is 0.0507. The first-order valence-electron chi connectivity index (χ1n) is 22.5. The second-order valence-corrected chi connectivity index (χ2v) is 18.2. The Labute approximate surface area is 320 Å².